The van der Waals surface area contributed by atoms with Crippen LogP contribution in [0.4, 0.5) is 0 Å². The van der Waals surface area contributed by atoms with Crippen molar-refractivity contribution in [2.45, 2.75) is 135 Å². The smallest absolute Gasteiger partial charge is 0.201 e. The molecule has 0 aromatic carbocycles. The molecule has 2 N–H and O–H groups in total. The summed E-state index contributed by atoms with van der Waals surface area (Å²) in [4.78, 5) is 0. The molecule has 0 radical (unpaired) electrons. The van der Waals surface area contributed by atoms with E-state index in [1.54, 1.807) is 0 Å². The summed E-state index contributed by atoms with van der Waals surface area (Å²) in [5.41, 5.74) is 6.37. The maximum absolute atomic E-state index is 7.24. The lowest BCUT2D eigenvalue weighted by molar-refractivity contribution is -0.0117. The highest BCUT2D eigenvalue weighted by Gasteiger charge is 2.60. The van der Waals surface area contributed by atoms with Gasteiger partial charge >= 0.3 is 0 Å². The van der Waals surface area contributed by atoms with Crippen LogP contribution in [0, 0.1) is 0 Å². The average molecular weight is 494 g/mol. The van der Waals surface area contributed by atoms with Crippen molar-refractivity contribution in [1.82, 2.24) is 0 Å². The van der Waals surface area contributed by atoms with E-state index < -0.39 is 35.2 Å². The van der Waals surface area contributed by atoms with Crippen molar-refractivity contribution in [3.05, 3.63) is 0 Å². The Morgan fingerprint density at radius 2 is 1.43 bits per heavy atom. The molecule has 0 aliphatic rings. The molecule has 5 unspecified atom stereocenters. The fraction of sp³-hybridized carbons (Fsp3) is 1.00. The van der Waals surface area contributed by atoms with Crippen molar-refractivity contribution in [3.8, 4) is 0 Å². The van der Waals surface area contributed by atoms with E-state index in [9.17, 15) is 0 Å². The third kappa shape index (κ3) is 6.39. The molecule has 0 saturated carbocycles. The molecule has 0 aliphatic carbocycles. The fourth-order valence-electron chi connectivity index (χ4n) is 4.98. The van der Waals surface area contributed by atoms with E-state index in [1.807, 2.05) is 0 Å². The van der Waals surface area contributed by atoms with Gasteiger partial charge in [0.1, 0.15) is 0 Å². The molecule has 0 aromatic heterocycles. The number of nitrogens with two attached hydrogens (primary N) is 1. The van der Waals surface area contributed by atoms with Crippen LogP contribution in [0.3, 0.4) is 0 Å². The van der Waals surface area contributed by atoms with Crippen LogP contribution in [0.5, 0.6) is 0 Å². The van der Waals surface area contributed by atoms with Crippen LogP contribution >= 0.6 is 0 Å². The summed E-state index contributed by atoms with van der Waals surface area (Å²) in [7, 11) is -5.88. The second-order valence-electron chi connectivity index (χ2n) is 10.5. The Bertz CT molecular complexity index is 507. The summed E-state index contributed by atoms with van der Waals surface area (Å²) in [6, 6.07) is 1.08. The summed E-state index contributed by atoms with van der Waals surface area (Å²) >= 11 is 0. The standard InChI is InChI=1S/C22H55NO3Si4/c1-14-20(6,30(13,17-4)26-21(7,18-23)27(8)9)22(15-2,16-3)25-29(12)19(5)24-28(10)11/h19,27-29H,14-18,23H2,1-13H3. The van der Waals surface area contributed by atoms with E-state index in [0.29, 0.717) is 6.54 Å². The molecule has 0 amide bonds. The zero-order valence-electron chi connectivity index (χ0n) is 22.6. The van der Waals surface area contributed by atoms with Crippen molar-refractivity contribution in [1.29, 1.82) is 0 Å². The van der Waals surface area contributed by atoms with Crippen molar-refractivity contribution in [2.24, 2.45) is 5.73 Å². The highest BCUT2D eigenvalue weighted by Crippen LogP contribution is 2.58. The first-order valence-corrected chi connectivity index (χ1v) is 23.0. The van der Waals surface area contributed by atoms with Crippen molar-refractivity contribution in [3.63, 3.8) is 0 Å². The van der Waals surface area contributed by atoms with Gasteiger partial charge in [0.25, 0.3) is 0 Å². The van der Waals surface area contributed by atoms with Gasteiger partial charge in [0.2, 0.25) is 9.04 Å². The predicted octanol–water partition coefficient (Wildman–Crippen LogP) is 5.37. The van der Waals surface area contributed by atoms with Crippen molar-refractivity contribution >= 4 is 35.2 Å². The van der Waals surface area contributed by atoms with E-state index in [2.05, 4.69) is 87.7 Å². The van der Waals surface area contributed by atoms with E-state index in [1.165, 1.54) is 0 Å². The maximum atomic E-state index is 7.24. The maximum Gasteiger partial charge on any atom is 0.201 e. The minimum atomic E-state index is -2.19. The second-order valence-corrected chi connectivity index (χ2v) is 23.4. The number of hydrogen-bond donors (Lipinski definition) is 1. The van der Waals surface area contributed by atoms with Crippen LogP contribution in [0.1, 0.15) is 67.7 Å². The molecule has 0 aliphatic heterocycles. The summed E-state index contributed by atoms with van der Waals surface area (Å²) in [5, 5.41) is -0.155. The molecular weight excluding hydrogens is 439 g/mol. The molecule has 0 bridgehead atoms. The van der Waals surface area contributed by atoms with Crippen LogP contribution in [-0.2, 0) is 13.3 Å². The minimum absolute atomic E-state index is 0.00814. The normalized spacial score (nSPS) is 21.2. The van der Waals surface area contributed by atoms with Crippen molar-refractivity contribution < 1.29 is 13.3 Å². The molecule has 0 heterocycles. The monoisotopic (exact) mass is 493 g/mol. The van der Waals surface area contributed by atoms with Crippen LogP contribution in [0.15, 0.2) is 0 Å². The summed E-state index contributed by atoms with van der Waals surface area (Å²) in [5.74, 6) is 0. The third-order valence-electron chi connectivity index (χ3n) is 8.34. The van der Waals surface area contributed by atoms with Gasteiger partial charge < -0.3 is 19.0 Å². The SMILES string of the molecule is CCC(CC)(O[SiH](C)C(C)O[SiH](C)C)C(C)(CC)[Si](C)(CC)OC(C)(CN)[SiH](C)C. The van der Waals surface area contributed by atoms with E-state index in [0.717, 1.165) is 25.3 Å². The molecule has 0 spiro atoms. The molecular formula is C22H55NO3Si4. The van der Waals surface area contributed by atoms with Gasteiger partial charge in [0.15, 0.2) is 17.4 Å². The summed E-state index contributed by atoms with van der Waals surface area (Å²) in [6.45, 7) is 30.9. The Labute approximate surface area is 195 Å². The second kappa shape index (κ2) is 12.2. The van der Waals surface area contributed by atoms with Gasteiger partial charge in [-0.3, -0.25) is 0 Å². The minimum Gasteiger partial charge on any atom is -0.418 e. The Morgan fingerprint density at radius 1 is 0.933 bits per heavy atom. The summed E-state index contributed by atoms with van der Waals surface area (Å²) in [6.07, 6.45) is 3.10. The number of rotatable bonds is 15. The molecule has 0 aromatic rings. The number of hydrogen-bond acceptors (Lipinski definition) is 4. The molecule has 0 rings (SSSR count). The van der Waals surface area contributed by atoms with Crippen LogP contribution < -0.4 is 5.73 Å². The Morgan fingerprint density at radius 3 is 1.73 bits per heavy atom. The van der Waals surface area contributed by atoms with Crippen LogP contribution in [0.25, 0.3) is 0 Å². The van der Waals surface area contributed by atoms with Gasteiger partial charge in [-0.25, -0.2) is 0 Å². The highest BCUT2D eigenvalue weighted by atomic mass is 28.4. The van der Waals surface area contributed by atoms with Gasteiger partial charge in [-0.1, -0.05) is 47.7 Å². The highest BCUT2D eigenvalue weighted by molar-refractivity contribution is 6.77. The quantitative estimate of drug-likeness (QED) is 0.312. The Kier molecular flexibility index (Phi) is 12.5. The van der Waals surface area contributed by atoms with E-state index >= 15 is 0 Å². The average Bonchev–Trinajstić information content (AvgIpc) is 2.70. The third-order valence-corrected chi connectivity index (χ3v) is 20.4. The summed E-state index contributed by atoms with van der Waals surface area (Å²) < 4.78 is 20.7. The van der Waals surface area contributed by atoms with Gasteiger partial charge in [-0.2, -0.15) is 0 Å². The first-order valence-electron chi connectivity index (χ1n) is 12.4. The van der Waals surface area contributed by atoms with Gasteiger partial charge in [0, 0.05) is 11.6 Å². The zero-order chi connectivity index (χ0) is 24.0. The Hall–Kier alpha value is 0.708. The largest absolute Gasteiger partial charge is 0.418 e. The Balaban J connectivity index is 6.30. The lowest BCUT2D eigenvalue weighted by atomic mass is 9.81. The van der Waals surface area contributed by atoms with Gasteiger partial charge in [-0.05, 0) is 65.3 Å². The van der Waals surface area contributed by atoms with Crippen LogP contribution in [0.2, 0.25) is 50.4 Å². The van der Waals surface area contributed by atoms with Crippen molar-refractivity contribution in [2.75, 3.05) is 6.54 Å². The molecule has 182 valence electrons. The molecule has 0 fully saturated rings. The first kappa shape index (κ1) is 30.7. The molecule has 0 saturated heterocycles. The van der Waals surface area contributed by atoms with E-state index in [4.69, 9.17) is 19.0 Å². The lowest BCUT2D eigenvalue weighted by Gasteiger charge is -2.59. The molecule has 30 heavy (non-hydrogen) atoms. The van der Waals surface area contributed by atoms with Gasteiger partial charge in [0.05, 0.1) is 25.3 Å². The molecule has 4 nitrogen and oxygen atoms in total. The lowest BCUT2D eigenvalue weighted by Crippen LogP contribution is -2.65. The first-order chi connectivity index (χ1) is 13.7. The van der Waals surface area contributed by atoms with E-state index in [-0.39, 0.29) is 21.6 Å². The van der Waals surface area contributed by atoms with Crippen LogP contribution in [-0.4, -0.2) is 58.3 Å². The molecule has 5 atom stereocenters. The predicted molar refractivity (Wildman–Crippen MR) is 145 cm³/mol. The van der Waals surface area contributed by atoms with Gasteiger partial charge in [-0.15, -0.1) is 0 Å². The zero-order valence-corrected chi connectivity index (χ0v) is 27.1. The molecule has 8 heteroatoms. The topological polar surface area (TPSA) is 53.7 Å². The fourth-order valence-corrected chi connectivity index (χ4v) is 15.9.